The van der Waals surface area contributed by atoms with Gasteiger partial charge in [0.1, 0.15) is 12.1 Å². The Labute approximate surface area is 152 Å². The summed E-state index contributed by atoms with van der Waals surface area (Å²) in [7, 11) is 0. The van der Waals surface area contributed by atoms with Gasteiger partial charge in [0.2, 0.25) is 11.8 Å². The van der Waals surface area contributed by atoms with Crippen LogP contribution in [0.4, 0.5) is 10.5 Å². The Morgan fingerprint density at radius 2 is 1.88 bits per heavy atom. The zero-order valence-corrected chi connectivity index (χ0v) is 14.9. The molecule has 26 heavy (non-hydrogen) atoms. The molecule has 3 amide bonds. The van der Waals surface area contributed by atoms with E-state index in [0.29, 0.717) is 25.1 Å². The monoisotopic (exact) mass is 363 g/mol. The van der Waals surface area contributed by atoms with Gasteiger partial charge in [-0.2, -0.15) is 0 Å². The van der Waals surface area contributed by atoms with Crippen molar-refractivity contribution in [2.75, 3.05) is 11.9 Å². The van der Waals surface area contributed by atoms with E-state index in [9.17, 15) is 19.5 Å². The zero-order chi connectivity index (χ0) is 19.3. The molecule has 1 aliphatic rings. The van der Waals surface area contributed by atoms with Crippen LogP contribution < -0.4 is 10.6 Å². The summed E-state index contributed by atoms with van der Waals surface area (Å²) in [5.41, 5.74) is 1.28. The second-order valence-electron chi connectivity index (χ2n) is 6.71. The van der Waals surface area contributed by atoms with Crippen LogP contribution in [0.2, 0.25) is 0 Å². The number of carbonyl (C=O) groups is 3. The molecule has 142 valence electrons. The van der Waals surface area contributed by atoms with Crippen LogP contribution in [0.25, 0.3) is 0 Å². The smallest absolute Gasteiger partial charge is 0.407 e. The molecule has 0 aliphatic carbocycles. The molecule has 8 heteroatoms. The summed E-state index contributed by atoms with van der Waals surface area (Å²) >= 11 is 0. The van der Waals surface area contributed by atoms with Crippen molar-refractivity contribution in [1.82, 2.24) is 10.2 Å². The number of hydrogen-bond acceptors (Lipinski definition) is 4. The Balaban J connectivity index is 2.03. The van der Waals surface area contributed by atoms with Gasteiger partial charge in [-0.05, 0) is 36.5 Å². The number of hydrogen-bond donors (Lipinski definition) is 4. The Hall–Kier alpha value is -2.61. The fourth-order valence-corrected chi connectivity index (χ4v) is 2.97. The lowest BCUT2D eigenvalue weighted by molar-refractivity contribution is -0.130. The highest BCUT2D eigenvalue weighted by atomic mass is 16.4. The summed E-state index contributed by atoms with van der Waals surface area (Å²) in [5, 5.41) is 23.7. The minimum atomic E-state index is -1.13. The summed E-state index contributed by atoms with van der Waals surface area (Å²) in [6, 6.07) is 5.20. The lowest BCUT2D eigenvalue weighted by atomic mass is 10.0. The molecule has 0 bridgehead atoms. The number of likely N-dealkylation sites (tertiary alicyclic amines) is 1. The van der Waals surface area contributed by atoms with Crippen molar-refractivity contribution in [3.8, 4) is 0 Å². The van der Waals surface area contributed by atoms with Gasteiger partial charge in [-0.25, -0.2) is 4.79 Å². The van der Waals surface area contributed by atoms with Gasteiger partial charge in [-0.15, -0.1) is 0 Å². The van der Waals surface area contributed by atoms with Gasteiger partial charge >= 0.3 is 6.09 Å². The van der Waals surface area contributed by atoms with Gasteiger partial charge in [-0.3, -0.25) is 14.5 Å². The molecule has 1 aliphatic heterocycles. The quantitative estimate of drug-likeness (QED) is 0.609. The largest absolute Gasteiger partial charge is 0.465 e. The number of nitrogens with one attached hydrogen (secondary N) is 2. The minimum Gasteiger partial charge on any atom is -0.465 e. The molecule has 8 nitrogen and oxygen atoms in total. The fraction of sp³-hybridized carbons (Fsp3) is 0.500. The topological polar surface area (TPSA) is 119 Å². The number of benzene rings is 1. The minimum absolute atomic E-state index is 0.0830. The van der Waals surface area contributed by atoms with Crippen LogP contribution in [0.5, 0.6) is 0 Å². The zero-order valence-electron chi connectivity index (χ0n) is 14.9. The second-order valence-corrected chi connectivity index (χ2v) is 6.71. The Morgan fingerprint density at radius 1 is 1.23 bits per heavy atom. The third-order valence-electron chi connectivity index (χ3n) is 4.45. The molecule has 1 saturated heterocycles. The van der Waals surface area contributed by atoms with Gasteiger partial charge in [-0.1, -0.05) is 26.0 Å². The van der Waals surface area contributed by atoms with Crippen LogP contribution in [-0.2, 0) is 16.2 Å². The second kappa shape index (κ2) is 8.66. The summed E-state index contributed by atoms with van der Waals surface area (Å²) < 4.78 is 0. The molecular formula is C18H25N3O5. The van der Waals surface area contributed by atoms with Crippen molar-refractivity contribution >= 4 is 23.6 Å². The summed E-state index contributed by atoms with van der Waals surface area (Å²) in [6.45, 7) is 3.86. The normalized spacial score (nSPS) is 17.8. The van der Waals surface area contributed by atoms with Crippen molar-refractivity contribution in [3.05, 3.63) is 29.8 Å². The van der Waals surface area contributed by atoms with E-state index in [2.05, 4.69) is 10.6 Å². The number of carbonyl (C=O) groups excluding carboxylic acids is 2. The summed E-state index contributed by atoms with van der Waals surface area (Å²) in [5.74, 6) is -0.991. The number of aliphatic hydroxyl groups is 1. The molecule has 1 aromatic rings. The number of nitrogens with zero attached hydrogens (tertiary/aromatic N) is 1. The van der Waals surface area contributed by atoms with Crippen LogP contribution in [0, 0.1) is 5.92 Å². The molecule has 0 aromatic heterocycles. The maximum atomic E-state index is 12.6. The van der Waals surface area contributed by atoms with Gasteiger partial charge in [0, 0.05) is 12.2 Å². The third-order valence-corrected chi connectivity index (χ3v) is 4.45. The highest BCUT2D eigenvalue weighted by molar-refractivity contribution is 5.98. The maximum absolute atomic E-state index is 12.6. The van der Waals surface area contributed by atoms with E-state index in [1.807, 2.05) is 13.8 Å². The standard InChI is InChI=1S/C18H25N3O5/c1-11(2)15(17(24)19-13-7-5-12(10-22)6-8-13)20-16(23)14-4-3-9-21(14)18(25)26/h5-8,11,14-15,22H,3-4,9-10H2,1-2H3,(H,19,24)(H,20,23)(H,25,26)/t14?,15-/m0/s1. The average Bonchev–Trinajstić information content (AvgIpc) is 3.10. The van der Waals surface area contributed by atoms with Crippen LogP contribution in [0.15, 0.2) is 24.3 Å². The fourth-order valence-electron chi connectivity index (χ4n) is 2.97. The number of aliphatic hydroxyl groups excluding tert-OH is 1. The molecule has 1 fully saturated rings. The lowest BCUT2D eigenvalue weighted by Gasteiger charge is -2.26. The first-order chi connectivity index (χ1) is 12.3. The van der Waals surface area contributed by atoms with Crippen molar-refractivity contribution in [1.29, 1.82) is 0 Å². The molecule has 0 spiro atoms. The molecule has 2 rings (SSSR count). The van der Waals surface area contributed by atoms with Crippen LogP contribution in [-0.4, -0.2) is 51.6 Å². The van der Waals surface area contributed by atoms with E-state index in [4.69, 9.17) is 5.11 Å². The summed E-state index contributed by atoms with van der Waals surface area (Å²) in [4.78, 5) is 37.4. The van der Waals surface area contributed by atoms with Crippen LogP contribution in [0.1, 0.15) is 32.3 Å². The predicted molar refractivity (Wildman–Crippen MR) is 95.5 cm³/mol. The Morgan fingerprint density at radius 3 is 2.42 bits per heavy atom. The van der Waals surface area contributed by atoms with Gasteiger partial charge < -0.3 is 20.8 Å². The molecule has 1 unspecified atom stereocenters. The maximum Gasteiger partial charge on any atom is 0.407 e. The van der Waals surface area contributed by atoms with E-state index < -0.39 is 24.1 Å². The van der Waals surface area contributed by atoms with Crippen LogP contribution in [0.3, 0.4) is 0 Å². The number of anilines is 1. The first kappa shape index (κ1) is 19.7. The molecule has 1 aromatic carbocycles. The lowest BCUT2D eigenvalue weighted by Crippen LogP contribution is -2.53. The highest BCUT2D eigenvalue weighted by Gasteiger charge is 2.36. The summed E-state index contributed by atoms with van der Waals surface area (Å²) in [6.07, 6.45) is -0.0509. The molecule has 0 radical (unpaired) electrons. The Kier molecular flexibility index (Phi) is 6.57. The van der Waals surface area contributed by atoms with E-state index in [1.165, 1.54) is 0 Å². The van der Waals surface area contributed by atoms with Crippen LogP contribution >= 0.6 is 0 Å². The SMILES string of the molecule is CC(C)[C@H](NC(=O)C1CCCN1C(=O)O)C(=O)Nc1ccc(CO)cc1. The average molecular weight is 363 g/mol. The van der Waals surface area contributed by atoms with Crippen molar-refractivity contribution in [3.63, 3.8) is 0 Å². The van der Waals surface area contributed by atoms with Gasteiger partial charge in [0.15, 0.2) is 0 Å². The van der Waals surface area contributed by atoms with E-state index >= 15 is 0 Å². The first-order valence-corrected chi connectivity index (χ1v) is 8.64. The number of carboxylic acid groups (broad SMARTS) is 1. The number of amides is 3. The number of rotatable bonds is 6. The predicted octanol–water partition coefficient (Wildman–Crippen LogP) is 1.40. The van der Waals surface area contributed by atoms with Crippen molar-refractivity contribution < 1.29 is 24.6 Å². The molecule has 2 atom stereocenters. The van der Waals surface area contributed by atoms with E-state index in [1.54, 1.807) is 24.3 Å². The van der Waals surface area contributed by atoms with E-state index in [0.717, 1.165) is 10.5 Å². The van der Waals surface area contributed by atoms with Gasteiger partial charge in [0.25, 0.3) is 0 Å². The Bertz CT molecular complexity index is 659. The highest BCUT2D eigenvalue weighted by Crippen LogP contribution is 2.18. The molecule has 0 saturated carbocycles. The third kappa shape index (κ3) is 4.72. The first-order valence-electron chi connectivity index (χ1n) is 8.64. The van der Waals surface area contributed by atoms with Crippen molar-refractivity contribution in [2.24, 2.45) is 5.92 Å². The van der Waals surface area contributed by atoms with E-state index in [-0.39, 0.29) is 18.4 Å². The molecular weight excluding hydrogens is 338 g/mol. The van der Waals surface area contributed by atoms with Gasteiger partial charge in [0.05, 0.1) is 6.61 Å². The molecule has 1 heterocycles. The molecule has 4 N–H and O–H groups in total. The van der Waals surface area contributed by atoms with Crippen molar-refractivity contribution in [2.45, 2.75) is 45.4 Å².